The third-order valence-electron chi connectivity index (χ3n) is 5.89. The van der Waals surface area contributed by atoms with Crippen molar-refractivity contribution in [3.8, 4) is 11.4 Å². The quantitative estimate of drug-likeness (QED) is 0.763. The minimum absolute atomic E-state index is 0.105. The maximum atomic E-state index is 12.6. The number of rotatable bonds is 7. The predicted molar refractivity (Wildman–Crippen MR) is 107 cm³/mol. The van der Waals surface area contributed by atoms with Gasteiger partial charge in [-0.2, -0.15) is 0 Å². The number of anilines is 1. The Kier molecular flexibility index (Phi) is 5.41. The van der Waals surface area contributed by atoms with Gasteiger partial charge < -0.3 is 15.2 Å². The number of aromatic nitrogens is 3. The number of urea groups is 1. The first kappa shape index (κ1) is 18.0. The summed E-state index contributed by atoms with van der Waals surface area (Å²) in [7, 11) is 0. The second-order valence-electron chi connectivity index (χ2n) is 7.81. The van der Waals surface area contributed by atoms with Gasteiger partial charge in [0.2, 0.25) is 0 Å². The molecule has 0 radical (unpaired) electrons. The molecule has 1 aliphatic heterocycles. The van der Waals surface area contributed by atoms with Crippen LogP contribution in [-0.2, 0) is 13.0 Å². The van der Waals surface area contributed by atoms with Crippen molar-refractivity contribution in [1.29, 1.82) is 0 Å². The molecule has 27 heavy (non-hydrogen) atoms. The lowest BCUT2D eigenvalue weighted by Gasteiger charge is -2.34. The van der Waals surface area contributed by atoms with Crippen LogP contribution in [0.3, 0.4) is 0 Å². The van der Waals surface area contributed by atoms with Crippen molar-refractivity contribution in [2.24, 2.45) is 5.92 Å². The Bertz CT molecular complexity index is 796. The van der Waals surface area contributed by atoms with E-state index in [1.54, 1.807) is 0 Å². The van der Waals surface area contributed by atoms with Crippen molar-refractivity contribution >= 4 is 11.7 Å². The van der Waals surface area contributed by atoms with Crippen LogP contribution in [-0.4, -0.2) is 26.8 Å². The molecular formula is C21H29N5O. The van der Waals surface area contributed by atoms with E-state index < -0.39 is 0 Å². The van der Waals surface area contributed by atoms with Gasteiger partial charge in [-0.3, -0.25) is 0 Å². The molecule has 1 fully saturated rings. The molecule has 1 saturated carbocycles. The fourth-order valence-electron chi connectivity index (χ4n) is 4.13. The smallest absolute Gasteiger partial charge is 0.319 e. The zero-order valence-electron chi connectivity index (χ0n) is 16.1. The van der Waals surface area contributed by atoms with Gasteiger partial charge in [0.25, 0.3) is 0 Å². The third kappa shape index (κ3) is 3.99. The lowest BCUT2D eigenvalue weighted by atomic mass is 9.78. The minimum Gasteiger partial charge on any atom is -0.335 e. The highest BCUT2D eigenvalue weighted by Crippen LogP contribution is 2.32. The second kappa shape index (κ2) is 8.11. The van der Waals surface area contributed by atoms with Gasteiger partial charge in [-0.15, -0.1) is 10.2 Å². The SMILES string of the molecule is CCCCC(NC(=O)Nc1cccc(-c2nnc3n2CCC3)c1)C1CCC1. The van der Waals surface area contributed by atoms with Crippen LogP contribution in [0.15, 0.2) is 24.3 Å². The van der Waals surface area contributed by atoms with E-state index in [-0.39, 0.29) is 6.03 Å². The molecule has 1 unspecified atom stereocenters. The Morgan fingerprint density at radius 3 is 2.96 bits per heavy atom. The van der Waals surface area contributed by atoms with Crippen molar-refractivity contribution < 1.29 is 4.79 Å². The lowest BCUT2D eigenvalue weighted by molar-refractivity contribution is 0.207. The van der Waals surface area contributed by atoms with Gasteiger partial charge in [-0.25, -0.2) is 4.79 Å². The number of hydrogen-bond donors (Lipinski definition) is 2. The fourth-order valence-corrected chi connectivity index (χ4v) is 4.13. The predicted octanol–water partition coefficient (Wildman–Crippen LogP) is 4.37. The highest BCUT2D eigenvalue weighted by atomic mass is 16.2. The molecule has 1 aromatic carbocycles. The molecule has 2 aliphatic rings. The molecule has 4 rings (SSSR count). The Labute approximate surface area is 160 Å². The number of nitrogens with one attached hydrogen (secondary N) is 2. The average Bonchev–Trinajstić information content (AvgIpc) is 3.21. The molecule has 0 saturated heterocycles. The monoisotopic (exact) mass is 367 g/mol. The van der Waals surface area contributed by atoms with E-state index >= 15 is 0 Å². The zero-order chi connectivity index (χ0) is 18.6. The van der Waals surface area contributed by atoms with E-state index in [9.17, 15) is 4.79 Å². The van der Waals surface area contributed by atoms with E-state index in [0.29, 0.717) is 12.0 Å². The van der Waals surface area contributed by atoms with Gasteiger partial charge in [0, 0.05) is 30.3 Å². The number of aryl methyl sites for hydroxylation is 1. The summed E-state index contributed by atoms with van der Waals surface area (Å²) in [6.45, 7) is 3.17. The average molecular weight is 367 g/mol. The van der Waals surface area contributed by atoms with E-state index in [4.69, 9.17) is 0 Å². The summed E-state index contributed by atoms with van der Waals surface area (Å²) in [6, 6.07) is 8.08. The van der Waals surface area contributed by atoms with Crippen LogP contribution in [0.1, 0.15) is 57.7 Å². The number of hydrogen-bond acceptors (Lipinski definition) is 3. The number of fused-ring (bicyclic) bond motifs is 1. The first-order valence-corrected chi connectivity index (χ1v) is 10.3. The van der Waals surface area contributed by atoms with Gasteiger partial charge in [0.05, 0.1) is 0 Å². The van der Waals surface area contributed by atoms with E-state index in [1.807, 2.05) is 24.3 Å². The summed E-state index contributed by atoms with van der Waals surface area (Å²) in [5.41, 5.74) is 1.79. The number of amides is 2. The summed E-state index contributed by atoms with van der Waals surface area (Å²) >= 11 is 0. The highest BCUT2D eigenvalue weighted by molar-refractivity contribution is 5.90. The Morgan fingerprint density at radius 1 is 1.30 bits per heavy atom. The number of benzene rings is 1. The number of carbonyl (C=O) groups is 1. The van der Waals surface area contributed by atoms with Gasteiger partial charge in [0.1, 0.15) is 5.82 Å². The van der Waals surface area contributed by atoms with E-state index in [0.717, 1.165) is 61.5 Å². The molecule has 1 atom stereocenters. The van der Waals surface area contributed by atoms with Crippen molar-refractivity contribution in [2.45, 2.75) is 70.9 Å². The molecule has 2 amide bonds. The molecule has 6 nitrogen and oxygen atoms in total. The topological polar surface area (TPSA) is 71.8 Å². The van der Waals surface area contributed by atoms with Crippen LogP contribution in [0, 0.1) is 5.92 Å². The van der Waals surface area contributed by atoms with Crippen LogP contribution in [0.5, 0.6) is 0 Å². The Balaban J connectivity index is 1.42. The summed E-state index contributed by atoms with van der Waals surface area (Å²) in [5, 5.41) is 14.8. The maximum absolute atomic E-state index is 12.6. The number of nitrogens with zero attached hydrogens (tertiary/aromatic N) is 3. The van der Waals surface area contributed by atoms with Crippen LogP contribution in [0.25, 0.3) is 11.4 Å². The summed E-state index contributed by atoms with van der Waals surface area (Å²) < 4.78 is 2.18. The molecular weight excluding hydrogens is 338 g/mol. The standard InChI is InChI=1S/C21H29N5O/c1-2-3-11-18(15-7-4-8-15)23-21(27)22-17-10-5-9-16(14-17)20-25-24-19-12-6-13-26(19)20/h5,9-10,14-15,18H,2-4,6-8,11-13H2,1H3,(H2,22,23,27). The first-order valence-electron chi connectivity index (χ1n) is 10.3. The highest BCUT2D eigenvalue weighted by Gasteiger charge is 2.28. The molecule has 0 spiro atoms. The second-order valence-corrected chi connectivity index (χ2v) is 7.81. The van der Waals surface area contributed by atoms with Crippen molar-refractivity contribution in [3.63, 3.8) is 0 Å². The molecule has 2 aromatic rings. The lowest BCUT2D eigenvalue weighted by Crippen LogP contribution is -2.44. The van der Waals surface area contributed by atoms with E-state index in [1.165, 1.54) is 19.3 Å². The van der Waals surface area contributed by atoms with Crippen LogP contribution in [0.2, 0.25) is 0 Å². The zero-order valence-corrected chi connectivity index (χ0v) is 16.1. The van der Waals surface area contributed by atoms with Crippen molar-refractivity contribution in [3.05, 3.63) is 30.1 Å². The molecule has 2 heterocycles. The molecule has 1 aliphatic carbocycles. The van der Waals surface area contributed by atoms with Crippen molar-refractivity contribution in [1.82, 2.24) is 20.1 Å². The minimum atomic E-state index is -0.105. The number of unbranched alkanes of at least 4 members (excludes halogenated alkanes) is 1. The van der Waals surface area contributed by atoms with E-state index in [2.05, 4.69) is 32.3 Å². The largest absolute Gasteiger partial charge is 0.335 e. The summed E-state index contributed by atoms with van der Waals surface area (Å²) in [4.78, 5) is 12.6. The normalized spacial score (nSPS) is 17.2. The number of carbonyl (C=O) groups excluding carboxylic acids is 1. The Hall–Kier alpha value is -2.37. The third-order valence-corrected chi connectivity index (χ3v) is 5.89. The summed E-state index contributed by atoms with van der Waals surface area (Å²) in [6.07, 6.45) is 9.28. The van der Waals surface area contributed by atoms with Gasteiger partial charge in [-0.05, 0) is 43.7 Å². The van der Waals surface area contributed by atoms with Gasteiger partial charge >= 0.3 is 6.03 Å². The van der Waals surface area contributed by atoms with Crippen LogP contribution >= 0.6 is 0 Å². The molecule has 144 valence electrons. The molecule has 1 aromatic heterocycles. The molecule has 6 heteroatoms. The van der Waals surface area contributed by atoms with Crippen molar-refractivity contribution in [2.75, 3.05) is 5.32 Å². The Morgan fingerprint density at radius 2 is 2.19 bits per heavy atom. The first-order chi connectivity index (χ1) is 13.2. The van der Waals surface area contributed by atoms with Gasteiger partial charge in [-0.1, -0.05) is 38.3 Å². The van der Waals surface area contributed by atoms with Crippen LogP contribution in [0.4, 0.5) is 10.5 Å². The molecule has 0 bridgehead atoms. The summed E-state index contributed by atoms with van der Waals surface area (Å²) in [5.74, 6) is 2.59. The maximum Gasteiger partial charge on any atom is 0.319 e. The fraction of sp³-hybridized carbons (Fsp3) is 0.571. The molecule has 2 N–H and O–H groups in total. The van der Waals surface area contributed by atoms with Crippen LogP contribution < -0.4 is 10.6 Å². The van der Waals surface area contributed by atoms with Gasteiger partial charge in [0.15, 0.2) is 5.82 Å².